The maximum atomic E-state index is 12.8. The van der Waals surface area contributed by atoms with Crippen LogP contribution >= 0.6 is 35.2 Å². The molecule has 0 aliphatic carbocycles. The zero-order chi connectivity index (χ0) is 49.9. The van der Waals surface area contributed by atoms with E-state index in [-0.39, 0.29) is 41.6 Å². The van der Waals surface area contributed by atoms with Gasteiger partial charge in [-0.25, -0.2) is 28.6 Å². The van der Waals surface area contributed by atoms with Gasteiger partial charge in [0.15, 0.2) is 22.8 Å². The Balaban J connectivity index is 0.793. The number of nitrogens with zero attached hydrogens (tertiary/aromatic N) is 4. The lowest BCUT2D eigenvalue weighted by molar-refractivity contribution is -0.137. The van der Waals surface area contributed by atoms with Crippen LogP contribution < -0.4 is 16.4 Å². The van der Waals surface area contributed by atoms with Crippen LogP contribution in [0.3, 0.4) is 0 Å². The van der Waals surface area contributed by atoms with Crippen molar-refractivity contribution in [3.63, 3.8) is 0 Å². The highest BCUT2D eigenvalue weighted by Gasteiger charge is 2.50. The molecular formula is C41H50N7O17P3S. The first-order chi connectivity index (χ1) is 32.5. The summed E-state index contributed by atoms with van der Waals surface area (Å²) in [7, 11) is -16.4. The van der Waals surface area contributed by atoms with E-state index in [0.717, 1.165) is 35.4 Å². The number of anilines is 1. The molecule has 0 radical (unpaired) electrons. The van der Waals surface area contributed by atoms with E-state index in [1.165, 1.54) is 51.7 Å². The van der Waals surface area contributed by atoms with Crippen LogP contribution in [0.4, 0.5) is 5.82 Å². The number of aryl methyl sites for hydroxylation is 1. The first-order valence-electron chi connectivity index (χ1n) is 21.2. The summed E-state index contributed by atoms with van der Waals surface area (Å²) in [5, 5.41) is 33.9. The number of hydrogen-bond donors (Lipinski definition) is 9. The fourth-order valence-corrected chi connectivity index (χ4v) is 11.4. The number of phosphoric ester groups is 3. The molecule has 7 rings (SSSR count). The van der Waals surface area contributed by atoms with Crippen molar-refractivity contribution < 1.29 is 80.5 Å². The Bertz CT molecular complexity index is 2980. The number of phosphoric acid groups is 3. The molecule has 1 aliphatic heterocycles. The van der Waals surface area contributed by atoms with Gasteiger partial charge in [-0.15, -0.1) is 0 Å². The van der Waals surface area contributed by atoms with E-state index in [9.17, 15) is 57.9 Å². The quantitative estimate of drug-likeness (QED) is 0.0251. The number of carbonyl (C=O) groups excluding carboxylic acids is 3. The lowest BCUT2D eigenvalue weighted by atomic mass is 9.87. The minimum absolute atomic E-state index is 0.00103. The van der Waals surface area contributed by atoms with E-state index in [2.05, 4.69) is 89.0 Å². The number of imidazole rings is 1. The van der Waals surface area contributed by atoms with E-state index in [1.54, 1.807) is 0 Å². The molecule has 10 N–H and O–H groups in total. The normalized spacial score (nSPS) is 20.1. The summed E-state index contributed by atoms with van der Waals surface area (Å²) in [5.74, 6) is -1.12. The molecule has 1 aliphatic rings. The molecule has 2 amide bonds. The smallest absolute Gasteiger partial charge is 0.386 e. The van der Waals surface area contributed by atoms with E-state index < -0.39 is 84.6 Å². The van der Waals surface area contributed by atoms with Crippen LogP contribution in [0.15, 0.2) is 67.3 Å². The van der Waals surface area contributed by atoms with Crippen molar-refractivity contribution in [1.82, 2.24) is 30.2 Å². The number of ether oxygens (including phenoxy) is 1. The summed E-state index contributed by atoms with van der Waals surface area (Å²) < 4.78 is 62.6. The third kappa shape index (κ3) is 12.9. The van der Waals surface area contributed by atoms with Gasteiger partial charge in [-0.3, -0.25) is 32.5 Å². The molecule has 4 aromatic carbocycles. The monoisotopic (exact) mass is 1040 g/mol. The van der Waals surface area contributed by atoms with Gasteiger partial charge >= 0.3 is 23.5 Å². The van der Waals surface area contributed by atoms with Crippen molar-refractivity contribution in [3.05, 3.63) is 72.8 Å². The summed E-state index contributed by atoms with van der Waals surface area (Å²) in [6, 6.07) is 19.1. The Morgan fingerprint density at radius 2 is 1.58 bits per heavy atom. The van der Waals surface area contributed by atoms with Crippen molar-refractivity contribution in [1.29, 1.82) is 0 Å². The third-order valence-corrected chi connectivity index (χ3v) is 15.2. The molecule has 28 heteroatoms. The average molecular weight is 1040 g/mol. The van der Waals surface area contributed by atoms with Gasteiger partial charge < -0.3 is 50.9 Å². The zero-order valence-electron chi connectivity index (χ0n) is 36.9. The number of amides is 2. The lowest BCUT2D eigenvalue weighted by Gasteiger charge is -2.30. The van der Waals surface area contributed by atoms with Crippen molar-refractivity contribution in [2.45, 2.75) is 70.2 Å². The topological polar surface area (TPSA) is 364 Å². The van der Waals surface area contributed by atoms with Gasteiger partial charge in [-0.2, -0.15) is 4.31 Å². The predicted molar refractivity (Wildman–Crippen MR) is 250 cm³/mol. The molecule has 372 valence electrons. The van der Waals surface area contributed by atoms with Crippen LogP contribution in [0.2, 0.25) is 0 Å². The summed E-state index contributed by atoms with van der Waals surface area (Å²) in [5.41, 5.74) is 5.45. The van der Waals surface area contributed by atoms with Crippen LogP contribution in [-0.4, -0.2) is 123 Å². The van der Waals surface area contributed by atoms with Gasteiger partial charge in [0.05, 0.1) is 19.5 Å². The van der Waals surface area contributed by atoms with E-state index in [1.807, 2.05) is 0 Å². The minimum atomic E-state index is -5.59. The molecule has 0 saturated carbocycles. The molecule has 0 spiro atoms. The van der Waals surface area contributed by atoms with Crippen molar-refractivity contribution in [2.24, 2.45) is 5.41 Å². The second-order valence-electron chi connectivity index (χ2n) is 16.7. The number of nitrogen functional groups attached to an aromatic ring is 1. The summed E-state index contributed by atoms with van der Waals surface area (Å²) in [6.07, 6.45) is -5.19. The number of aromatic nitrogens is 4. The van der Waals surface area contributed by atoms with Crippen molar-refractivity contribution >= 4 is 101 Å². The Morgan fingerprint density at radius 3 is 2.30 bits per heavy atom. The van der Waals surface area contributed by atoms with Crippen LogP contribution in [0.25, 0.3) is 43.5 Å². The maximum Gasteiger partial charge on any atom is 0.481 e. The zero-order valence-corrected chi connectivity index (χ0v) is 40.4. The highest BCUT2D eigenvalue weighted by atomic mass is 32.2. The molecule has 69 heavy (non-hydrogen) atoms. The number of nitrogens with two attached hydrogens (primary N) is 1. The number of thioether (sulfide) groups is 1. The number of hydrogen-bond acceptors (Lipinski definition) is 18. The van der Waals surface area contributed by atoms with Gasteiger partial charge in [0.2, 0.25) is 11.8 Å². The van der Waals surface area contributed by atoms with Gasteiger partial charge in [-0.05, 0) is 50.7 Å². The molecule has 3 unspecified atom stereocenters. The third-order valence-electron chi connectivity index (χ3n) is 11.2. The van der Waals surface area contributed by atoms with Gasteiger partial charge in [0.1, 0.15) is 36.3 Å². The first kappa shape index (κ1) is 52.3. The summed E-state index contributed by atoms with van der Waals surface area (Å²) in [4.78, 5) is 89.1. The Hall–Kier alpha value is -4.52. The molecule has 1 saturated heterocycles. The second-order valence-corrected chi connectivity index (χ2v) is 22.1. The highest BCUT2D eigenvalue weighted by molar-refractivity contribution is 8.13. The molecule has 0 bridgehead atoms. The van der Waals surface area contributed by atoms with Crippen LogP contribution in [0, 0.1) is 5.41 Å². The Labute approximate surface area is 397 Å². The van der Waals surface area contributed by atoms with Gasteiger partial charge in [0, 0.05) is 37.1 Å². The molecule has 7 atom stereocenters. The fourth-order valence-electron chi connectivity index (χ4n) is 7.80. The SMILES string of the molecule is CC(C)(COP(=O)(O)OP(=O)(O)OC[C@H]1O[C@@H](n2cnc3c(N)ncnc32)[C@@H](O)C1OP(=O)(O)O)[C@@H](O)C(=O)NCCC(=O)NCCSC(=O)CCCc1ccc2ccc3cccc4ccc1c2c34. The molecule has 3 heterocycles. The fraction of sp³-hybridized carbons (Fsp3) is 0.415. The number of nitrogens with one attached hydrogen (secondary N) is 2. The number of rotatable bonds is 23. The van der Waals surface area contributed by atoms with Crippen LogP contribution in [0.1, 0.15) is 44.9 Å². The van der Waals surface area contributed by atoms with E-state index >= 15 is 0 Å². The minimum Gasteiger partial charge on any atom is -0.386 e. The largest absolute Gasteiger partial charge is 0.481 e. The maximum absolute atomic E-state index is 12.8. The van der Waals surface area contributed by atoms with Gasteiger partial charge in [-0.1, -0.05) is 80.2 Å². The molecule has 6 aromatic rings. The summed E-state index contributed by atoms with van der Waals surface area (Å²) in [6.45, 7) is 0.481. The highest BCUT2D eigenvalue weighted by Crippen LogP contribution is 2.61. The number of carbonyl (C=O) groups is 3. The van der Waals surface area contributed by atoms with E-state index in [0.29, 0.717) is 18.6 Å². The first-order valence-corrected chi connectivity index (χ1v) is 26.7. The molecule has 2 aromatic heterocycles. The molecular weight excluding hydrogens is 987 g/mol. The van der Waals surface area contributed by atoms with Crippen molar-refractivity contribution in [2.75, 3.05) is 37.8 Å². The van der Waals surface area contributed by atoms with Crippen molar-refractivity contribution in [3.8, 4) is 0 Å². The van der Waals surface area contributed by atoms with Crippen LogP contribution in [0.5, 0.6) is 0 Å². The van der Waals surface area contributed by atoms with Gasteiger partial charge in [0.25, 0.3) is 0 Å². The summed E-state index contributed by atoms with van der Waals surface area (Å²) >= 11 is 1.12. The predicted octanol–water partition coefficient (Wildman–Crippen LogP) is 3.59. The van der Waals surface area contributed by atoms with Crippen LogP contribution in [-0.2, 0) is 57.1 Å². The number of aliphatic hydroxyl groups excluding tert-OH is 2. The molecule has 1 fully saturated rings. The second kappa shape index (κ2) is 21.5. The number of aliphatic hydroxyl groups is 2. The lowest BCUT2D eigenvalue weighted by Crippen LogP contribution is -2.46. The number of benzene rings is 4. The molecule has 24 nitrogen and oxygen atoms in total. The Kier molecular flexibility index (Phi) is 16.3. The standard InChI is InChI=1S/C41H50N7O17P3S/c1-41(2,20-62-68(59,60)65-67(57,58)61-19-28-35(64-66(54,55)56)34(51)40(63-28)48-22-47-33-37(42)45-21-46-38(33)48)36(52)39(53)44-16-15-29(49)43-17-18-69-30(50)8-4-5-23-9-10-26-12-11-24-6-3-7-25-13-14-27(23)32(26)31(24)25/h3,6-7,9-14,21-22,28,34-36,40,51-52H,4-5,8,15-20H2,1-2H3,(H,43,49)(H,44,53)(H,57,58)(H,59,60)(H2,42,45,46)(H2,54,55,56)/t28-,34+,35?,36+,40-/m1/s1. The Morgan fingerprint density at radius 1 is 0.899 bits per heavy atom. The average Bonchev–Trinajstić information content (AvgIpc) is 3.85. The van der Waals surface area contributed by atoms with E-state index in [4.69, 9.17) is 19.5 Å². The number of fused-ring (bicyclic) bond motifs is 1.